The summed E-state index contributed by atoms with van der Waals surface area (Å²) in [4.78, 5) is 48.0. The summed E-state index contributed by atoms with van der Waals surface area (Å²) in [6.07, 6.45) is 8.11. The third-order valence-corrected chi connectivity index (χ3v) is 7.83. The number of hydrogen-bond acceptors (Lipinski definition) is 6. The minimum atomic E-state index is -0.704. The van der Waals surface area contributed by atoms with Gasteiger partial charge in [0.15, 0.2) is 11.1 Å². The highest BCUT2D eigenvalue weighted by Gasteiger charge is 2.35. The Labute approximate surface area is 262 Å². The quantitative estimate of drug-likeness (QED) is 0.143. The van der Waals surface area contributed by atoms with Crippen LogP contribution >= 0.6 is 11.8 Å². The molecule has 0 bridgehead atoms. The number of hydrogen-bond donors (Lipinski definition) is 1. The van der Waals surface area contributed by atoms with Gasteiger partial charge in [0.05, 0.1) is 11.8 Å². The number of amidine groups is 1. The van der Waals surface area contributed by atoms with Gasteiger partial charge in [0.1, 0.15) is 11.3 Å². The number of furan rings is 1. The molecule has 226 valence electrons. The number of anilines is 1. The molecule has 0 aliphatic carbocycles. The van der Waals surface area contributed by atoms with Crippen molar-refractivity contribution in [2.75, 3.05) is 23.7 Å². The number of nitrogens with zero attached hydrogens (tertiary/aromatic N) is 3. The first-order valence-electron chi connectivity index (χ1n) is 14.4. The van der Waals surface area contributed by atoms with Crippen molar-refractivity contribution in [2.24, 2.45) is 4.99 Å². The molecular formula is C35H36N4O4S. The van der Waals surface area contributed by atoms with Crippen molar-refractivity contribution in [3.63, 3.8) is 0 Å². The minimum absolute atomic E-state index is 0.0707. The van der Waals surface area contributed by atoms with E-state index in [1.807, 2.05) is 79.4 Å². The summed E-state index contributed by atoms with van der Waals surface area (Å²) >= 11 is 1.02. The second-order valence-corrected chi connectivity index (χ2v) is 10.6. The van der Waals surface area contributed by atoms with Crippen LogP contribution in [0.25, 0.3) is 6.08 Å². The van der Waals surface area contributed by atoms with Gasteiger partial charge in [-0.1, -0.05) is 97.2 Å². The molecule has 8 nitrogen and oxygen atoms in total. The Morgan fingerprint density at radius 3 is 2.23 bits per heavy atom. The first-order valence-corrected chi connectivity index (χ1v) is 15.4. The molecule has 1 aliphatic heterocycles. The number of aliphatic imine (C=N–C) groups is 1. The highest BCUT2D eigenvalue weighted by Crippen LogP contribution is 2.28. The van der Waals surface area contributed by atoms with E-state index in [9.17, 15) is 14.4 Å². The molecule has 0 spiro atoms. The molecule has 44 heavy (non-hydrogen) atoms. The van der Waals surface area contributed by atoms with Crippen molar-refractivity contribution in [1.82, 2.24) is 10.2 Å². The second-order valence-electron chi connectivity index (χ2n) is 9.67. The molecule has 0 saturated carbocycles. The van der Waals surface area contributed by atoms with Crippen molar-refractivity contribution < 1.29 is 18.8 Å². The van der Waals surface area contributed by atoms with E-state index >= 15 is 0 Å². The van der Waals surface area contributed by atoms with Gasteiger partial charge >= 0.3 is 0 Å². The lowest BCUT2D eigenvalue weighted by Crippen LogP contribution is -2.42. The van der Waals surface area contributed by atoms with E-state index in [0.717, 1.165) is 36.0 Å². The fraction of sp³-hybridized carbons (Fsp3) is 0.200. The summed E-state index contributed by atoms with van der Waals surface area (Å²) < 4.78 is 5.91. The number of benzene rings is 2. The molecule has 2 heterocycles. The summed E-state index contributed by atoms with van der Waals surface area (Å²) in [6, 6.07) is 22.5. The van der Waals surface area contributed by atoms with Crippen molar-refractivity contribution in [3.05, 3.63) is 132 Å². The Hall–Kier alpha value is -4.89. The maximum atomic E-state index is 13.8. The molecular weight excluding hydrogens is 572 g/mol. The van der Waals surface area contributed by atoms with E-state index in [4.69, 9.17) is 4.42 Å². The van der Waals surface area contributed by atoms with Crippen LogP contribution in [0.2, 0.25) is 0 Å². The Balaban J connectivity index is 1.60. The van der Waals surface area contributed by atoms with Crippen LogP contribution in [-0.4, -0.2) is 46.6 Å². The van der Waals surface area contributed by atoms with Crippen molar-refractivity contribution in [3.8, 4) is 0 Å². The van der Waals surface area contributed by atoms with Crippen LogP contribution in [-0.2, 0) is 14.4 Å². The maximum absolute atomic E-state index is 13.8. The van der Waals surface area contributed by atoms with Gasteiger partial charge in [-0.15, -0.1) is 0 Å². The van der Waals surface area contributed by atoms with Crippen LogP contribution in [0, 0.1) is 0 Å². The van der Waals surface area contributed by atoms with E-state index in [-0.39, 0.29) is 28.4 Å². The molecule has 0 atom stereocenters. The number of amides is 3. The molecule has 3 aromatic rings. The second kappa shape index (κ2) is 15.5. The summed E-state index contributed by atoms with van der Waals surface area (Å²) in [7, 11) is 0. The number of nitrogens with one attached hydrogen (secondary N) is 1. The van der Waals surface area contributed by atoms with E-state index in [2.05, 4.69) is 16.9 Å². The van der Waals surface area contributed by atoms with E-state index in [0.29, 0.717) is 17.3 Å². The zero-order valence-corrected chi connectivity index (χ0v) is 25.9. The maximum Gasteiger partial charge on any atom is 0.285 e. The first kappa shape index (κ1) is 32.0. The average molecular weight is 609 g/mol. The molecule has 4 rings (SSSR count). The topological polar surface area (TPSA) is 95.2 Å². The molecule has 0 radical (unpaired) electrons. The van der Waals surface area contributed by atoms with Gasteiger partial charge in [-0.25, -0.2) is 0 Å². The summed E-state index contributed by atoms with van der Waals surface area (Å²) in [5.74, 6) is -0.608. The Kier molecular flexibility index (Phi) is 11.3. The van der Waals surface area contributed by atoms with Crippen LogP contribution in [0.4, 0.5) is 5.88 Å². The molecule has 9 heteroatoms. The predicted molar refractivity (Wildman–Crippen MR) is 178 cm³/mol. The van der Waals surface area contributed by atoms with Crippen LogP contribution in [0.1, 0.15) is 43.7 Å². The number of rotatable bonds is 12. The third kappa shape index (κ3) is 7.73. The lowest BCUT2D eigenvalue weighted by Gasteiger charge is -2.28. The van der Waals surface area contributed by atoms with Crippen LogP contribution in [0.3, 0.4) is 0 Å². The van der Waals surface area contributed by atoms with Gasteiger partial charge in [0.2, 0.25) is 5.91 Å². The van der Waals surface area contributed by atoms with Crippen LogP contribution in [0.5, 0.6) is 0 Å². The Morgan fingerprint density at radius 1 is 1.02 bits per heavy atom. The standard InChI is InChI=1S/C35H36N4O4S/c1-5-9-20-27(6-2)39-34(42)29(23-28-21-22-31(43-28)38(7-3)8-4)33(41)37-35(39)44-24-30(40)36-32(25-16-12-10-13-17-25)26-18-14-11-15-19-26/h5-6,9-23,32H,1,7-8,24H2,2-4H3,(H,36,40)/b20-9-,27-6+,29-23+. The normalized spacial score (nSPS) is 14.8. The number of carbonyl (C=O) groups excluding carboxylic acids is 3. The number of allylic oxidation sites excluding steroid dienone is 4. The molecule has 2 aromatic carbocycles. The van der Waals surface area contributed by atoms with Crippen LogP contribution in [0.15, 0.2) is 124 Å². The SMILES string of the molecule is C=C/C=C\C(=C/C)N1C(=O)/C(=C/c2ccc(N(CC)CC)o2)C(=O)N=C1SCC(=O)NC(c1ccccc1)c1ccccc1. The highest BCUT2D eigenvalue weighted by atomic mass is 32.2. The molecule has 0 fully saturated rings. The molecule has 1 aliphatic rings. The van der Waals surface area contributed by atoms with E-state index < -0.39 is 11.8 Å². The number of carbonyl (C=O) groups is 3. The van der Waals surface area contributed by atoms with Crippen molar-refractivity contribution in [1.29, 1.82) is 0 Å². The molecule has 1 aromatic heterocycles. The highest BCUT2D eigenvalue weighted by molar-refractivity contribution is 8.14. The zero-order chi connectivity index (χ0) is 31.5. The largest absolute Gasteiger partial charge is 0.441 e. The van der Waals surface area contributed by atoms with E-state index in [1.54, 1.807) is 43.4 Å². The van der Waals surface area contributed by atoms with Gasteiger partial charge in [-0.2, -0.15) is 4.99 Å². The first-order chi connectivity index (χ1) is 21.4. The summed E-state index contributed by atoms with van der Waals surface area (Å²) in [6.45, 7) is 11.0. The van der Waals surface area contributed by atoms with E-state index in [1.165, 1.54) is 11.0 Å². The minimum Gasteiger partial charge on any atom is -0.441 e. The van der Waals surface area contributed by atoms with Crippen molar-refractivity contribution >= 4 is 46.6 Å². The van der Waals surface area contributed by atoms with Gasteiger partial charge in [0.25, 0.3) is 11.8 Å². The van der Waals surface area contributed by atoms with Gasteiger partial charge in [-0.05, 0) is 50.1 Å². The molecule has 1 N–H and O–H groups in total. The number of thioether (sulfide) groups is 1. The van der Waals surface area contributed by atoms with Crippen molar-refractivity contribution in [2.45, 2.75) is 26.8 Å². The third-order valence-electron chi connectivity index (χ3n) is 6.89. The molecule has 0 unspecified atom stereocenters. The monoisotopic (exact) mass is 608 g/mol. The lowest BCUT2D eigenvalue weighted by molar-refractivity contribution is -0.126. The zero-order valence-electron chi connectivity index (χ0n) is 25.1. The smallest absolute Gasteiger partial charge is 0.285 e. The molecule has 0 saturated heterocycles. The summed E-state index contributed by atoms with van der Waals surface area (Å²) in [5.41, 5.74) is 2.21. The fourth-order valence-electron chi connectivity index (χ4n) is 4.66. The van der Waals surface area contributed by atoms with Crippen LogP contribution < -0.4 is 10.2 Å². The van der Waals surface area contributed by atoms with Gasteiger partial charge < -0.3 is 14.6 Å². The fourth-order valence-corrected chi connectivity index (χ4v) is 5.47. The lowest BCUT2D eigenvalue weighted by atomic mass is 9.99. The molecule has 3 amide bonds. The predicted octanol–water partition coefficient (Wildman–Crippen LogP) is 6.52. The van der Waals surface area contributed by atoms with Gasteiger partial charge in [-0.3, -0.25) is 19.3 Å². The Morgan fingerprint density at radius 2 is 1.66 bits per heavy atom. The Bertz CT molecular complexity index is 1560. The summed E-state index contributed by atoms with van der Waals surface area (Å²) in [5, 5.41) is 3.20. The average Bonchev–Trinajstić information content (AvgIpc) is 3.51. The van der Waals surface area contributed by atoms with Gasteiger partial charge in [0, 0.05) is 24.9 Å².